The molecule has 0 unspecified atom stereocenters. The number of pyridine rings is 1. The van der Waals surface area contributed by atoms with Crippen LogP contribution in [0.5, 0.6) is 0 Å². The standard InChI is InChI=1S/C15H20N2O3/c1-15(2,3)13(18)11-4-5-12(16-10-11)14(19)17-6-8-20-9-7-17/h4-5,10H,6-9H2,1-3H3. The monoisotopic (exact) mass is 276 g/mol. The number of amides is 1. The first-order chi connectivity index (χ1) is 9.39. The first-order valence-corrected chi connectivity index (χ1v) is 6.77. The first-order valence-electron chi connectivity index (χ1n) is 6.77. The maximum atomic E-state index is 12.2. The molecule has 1 fully saturated rings. The number of Topliss-reactive ketones (excluding diaryl/α,β-unsaturated/α-hetero) is 1. The van der Waals surface area contributed by atoms with Crippen LogP contribution >= 0.6 is 0 Å². The van der Waals surface area contributed by atoms with Gasteiger partial charge >= 0.3 is 0 Å². The third-order valence-electron chi connectivity index (χ3n) is 3.22. The Balaban J connectivity index is 2.11. The molecule has 0 bridgehead atoms. The van der Waals surface area contributed by atoms with E-state index in [1.165, 1.54) is 6.20 Å². The molecule has 2 rings (SSSR count). The molecule has 0 aromatic carbocycles. The maximum Gasteiger partial charge on any atom is 0.272 e. The number of rotatable bonds is 2. The van der Waals surface area contributed by atoms with Crippen LogP contribution in [0.3, 0.4) is 0 Å². The lowest BCUT2D eigenvalue weighted by Crippen LogP contribution is -2.41. The maximum absolute atomic E-state index is 12.2. The predicted octanol–water partition coefficient (Wildman–Crippen LogP) is 1.78. The molecule has 108 valence electrons. The summed E-state index contributed by atoms with van der Waals surface area (Å²) in [5.41, 5.74) is 0.464. The number of hydrogen-bond donors (Lipinski definition) is 0. The smallest absolute Gasteiger partial charge is 0.272 e. The van der Waals surface area contributed by atoms with Crippen LogP contribution in [0.4, 0.5) is 0 Å². The molecule has 1 aromatic heterocycles. The van der Waals surface area contributed by atoms with Crippen LogP contribution in [-0.2, 0) is 4.74 Å². The Hall–Kier alpha value is -1.75. The van der Waals surface area contributed by atoms with E-state index in [-0.39, 0.29) is 11.7 Å². The van der Waals surface area contributed by atoms with Gasteiger partial charge in [-0.25, -0.2) is 0 Å². The number of carbonyl (C=O) groups is 2. The highest BCUT2D eigenvalue weighted by Crippen LogP contribution is 2.20. The van der Waals surface area contributed by atoms with Crippen molar-refractivity contribution in [2.75, 3.05) is 26.3 Å². The fraction of sp³-hybridized carbons (Fsp3) is 0.533. The minimum atomic E-state index is -0.447. The molecule has 0 spiro atoms. The van der Waals surface area contributed by atoms with Crippen molar-refractivity contribution in [1.82, 2.24) is 9.88 Å². The van der Waals surface area contributed by atoms with Crippen molar-refractivity contribution in [2.45, 2.75) is 20.8 Å². The molecule has 0 saturated carbocycles. The molecule has 5 heteroatoms. The van der Waals surface area contributed by atoms with Gasteiger partial charge in [0.1, 0.15) is 5.69 Å². The van der Waals surface area contributed by atoms with E-state index in [4.69, 9.17) is 4.74 Å². The van der Waals surface area contributed by atoms with Crippen molar-refractivity contribution < 1.29 is 14.3 Å². The van der Waals surface area contributed by atoms with Crippen molar-refractivity contribution in [3.63, 3.8) is 0 Å². The van der Waals surface area contributed by atoms with E-state index in [0.717, 1.165) is 0 Å². The van der Waals surface area contributed by atoms with Crippen LogP contribution in [0.25, 0.3) is 0 Å². The van der Waals surface area contributed by atoms with Crippen LogP contribution in [0.2, 0.25) is 0 Å². The summed E-state index contributed by atoms with van der Waals surface area (Å²) in [5, 5.41) is 0. The third-order valence-corrected chi connectivity index (χ3v) is 3.22. The van der Waals surface area contributed by atoms with E-state index in [9.17, 15) is 9.59 Å². The number of carbonyl (C=O) groups excluding carboxylic acids is 2. The van der Waals surface area contributed by atoms with Gasteiger partial charge in [0.15, 0.2) is 5.78 Å². The summed E-state index contributed by atoms with van der Waals surface area (Å²) in [6, 6.07) is 3.30. The summed E-state index contributed by atoms with van der Waals surface area (Å²) < 4.78 is 5.21. The minimum Gasteiger partial charge on any atom is -0.378 e. The summed E-state index contributed by atoms with van der Waals surface area (Å²) >= 11 is 0. The molecule has 1 aliphatic heterocycles. The van der Waals surface area contributed by atoms with Gasteiger partial charge in [-0.2, -0.15) is 0 Å². The molecule has 20 heavy (non-hydrogen) atoms. The second-order valence-electron chi connectivity index (χ2n) is 5.92. The van der Waals surface area contributed by atoms with Crippen molar-refractivity contribution in [3.05, 3.63) is 29.6 Å². The summed E-state index contributed by atoms with van der Waals surface area (Å²) in [5.74, 6) is -0.0848. The van der Waals surface area contributed by atoms with Gasteiger partial charge in [0.05, 0.1) is 13.2 Å². The fourth-order valence-corrected chi connectivity index (χ4v) is 2.02. The molecule has 1 aliphatic rings. The molecular weight excluding hydrogens is 256 g/mol. The highest BCUT2D eigenvalue weighted by Gasteiger charge is 2.24. The Kier molecular flexibility index (Phi) is 4.18. The van der Waals surface area contributed by atoms with Gasteiger partial charge in [-0.15, -0.1) is 0 Å². The van der Waals surface area contributed by atoms with Gasteiger partial charge in [-0.1, -0.05) is 20.8 Å². The van der Waals surface area contributed by atoms with E-state index in [1.807, 2.05) is 20.8 Å². The van der Waals surface area contributed by atoms with Crippen LogP contribution < -0.4 is 0 Å². The lowest BCUT2D eigenvalue weighted by atomic mass is 9.87. The normalized spacial score (nSPS) is 16.1. The number of aromatic nitrogens is 1. The topological polar surface area (TPSA) is 59.5 Å². The highest BCUT2D eigenvalue weighted by molar-refractivity contribution is 6.00. The van der Waals surface area contributed by atoms with Crippen LogP contribution in [0, 0.1) is 5.41 Å². The summed E-state index contributed by atoms with van der Waals surface area (Å²) in [6.45, 7) is 7.89. The number of nitrogens with zero attached hydrogens (tertiary/aromatic N) is 2. The van der Waals surface area contributed by atoms with Crippen molar-refractivity contribution >= 4 is 11.7 Å². The van der Waals surface area contributed by atoms with Gasteiger partial charge in [-0.05, 0) is 12.1 Å². The van der Waals surface area contributed by atoms with Gasteiger partial charge in [-0.3, -0.25) is 14.6 Å². The second kappa shape index (κ2) is 5.71. The quantitative estimate of drug-likeness (QED) is 0.773. The number of ether oxygens (including phenoxy) is 1. The largest absolute Gasteiger partial charge is 0.378 e. The average molecular weight is 276 g/mol. The predicted molar refractivity (Wildman–Crippen MR) is 74.7 cm³/mol. The Labute approximate surface area is 118 Å². The average Bonchev–Trinajstić information content (AvgIpc) is 2.46. The van der Waals surface area contributed by atoms with Crippen LogP contribution in [-0.4, -0.2) is 47.9 Å². The zero-order valence-electron chi connectivity index (χ0n) is 12.2. The Morgan fingerprint density at radius 2 is 1.85 bits per heavy atom. The zero-order valence-corrected chi connectivity index (χ0v) is 12.2. The molecule has 0 aliphatic carbocycles. The van der Waals surface area contributed by atoms with Gasteiger partial charge in [0.25, 0.3) is 5.91 Å². The van der Waals surface area contributed by atoms with Crippen LogP contribution in [0.1, 0.15) is 41.6 Å². The molecule has 1 saturated heterocycles. The molecular formula is C15H20N2O3. The summed E-state index contributed by atoms with van der Waals surface area (Å²) in [4.78, 5) is 30.2. The zero-order chi connectivity index (χ0) is 14.8. The molecule has 5 nitrogen and oxygen atoms in total. The molecule has 1 aromatic rings. The van der Waals surface area contributed by atoms with E-state index >= 15 is 0 Å². The lowest BCUT2D eigenvalue weighted by molar-refractivity contribution is 0.0299. The van der Waals surface area contributed by atoms with Crippen molar-refractivity contribution in [2.24, 2.45) is 5.41 Å². The van der Waals surface area contributed by atoms with Crippen molar-refractivity contribution in [3.8, 4) is 0 Å². The second-order valence-corrected chi connectivity index (χ2v) is 5.92. The van der Waals surface area contributed by atoms with E-state index in [0.29, 0.717) is 37.6 Å². The third kappa shape index (κ3) is 3.22. The van der Waals surface area contributed by atoms with Gasteiger partial charge in [0, 0.05) is 30.3 Å². The van der Waals surface area contributed by atoms with E-state index < -0.39 is 5.41 Å². The Morgan fingerprint density at radius 3 is 2.35 bits per heavy atom. The van der Waals surface area contributed by atoms with Gasteiger partial charge in [0.2, 0.25) is 0 Å². The van der Waals surface area contributed by atoms with E-state index in [1.54, 1.807) is 17.0 Å². The Morgan fingerprint density at radius 1 is 1.20 bits per heavy atom. The lowest BCUT2D eigenvalue weighted by Gasteiger charge is -2.26. The SMILES string of the molecule is CC(C)(C)C(=O)c1ccc(C(=O)N2CCOCC2)nc1. The Bertz CT molecular complexity index is 497. The molecule has 2 heterocycles. The van der Waals surface area contributed by atoms with E-state index in [2.05, 4.69) is 4.98 Å². The number of hydrogen-bond acceptors (Lipinski definition) is 4. The first kappa shape index (κ1) is 14.7. The fourth-order valence-electron chi connectivity index (χ4n) is 2.02. The van der Waals surface area contributed by atoms with Crippen LogP contribution in [0.15, 0.2) is 18.3 Å². The number of ketones is 1. The highest BCUT2D eigenvalue weighted by atomic mass is 16.5. The summed E-state index contributed by atoms with van der Waals surface area (Å²) in [7, 11) is 0. The minimum absolute atomic E-state index is 0.0235. The van der Waals surface area contributed by atoms with Gasteiger partial charge < -0.3 is 9.64 Å². The van der Waals surface area contributed by atoms with Crippen molar-refractivity contribution in [1.29, 1.82) is 0 Å². The summed E-state index contributed by atoms with van der Waals surface area (Å²) in [6.07, 6.45) is 1.49. The molecule has 1 amide bonds. The molecule has 0 radical (unpaired) electrons. The number of morpholine rings is 1. The molecule has 0 atom stereocenters. The molecule has 0 N–H and O–H groups in total.